The molecule has 67 heavy (non-hydrogen) atoms. The second-order valence-corrected chi connectivity index (χ2v) is 20.7. The van der Waals surface area contributed by atoms with Crippen LogP contribution in [-0.4, -0.2) is 33.4 Å². The fourth-order valence-corrected chi connectivity index (χ4v) is 12.2. The molecule has 8 aromatic carbocycles. The minimum atomic E-state index is -1.68. The van der Waals surface area contributed by atoms with Gasteiger partial charge < -0.3 is 0 Å². The minimum absolute atomic E-state index is 0.621. The first kappa shape index (κ1) is 41.7. The van der Waals surface area contributed by atoms with E-state index in [0.717, 1.165) is 83.6 Å². The van der Waals surface area contributed by atoms with Gasteiger partial charge in [-0.15, -0.1) is 18.9 Å². The summed E-state index contributed by atoms with van der Waals surface area (Å²) in [7, 11) is 0. The van der Waals surface area contributed by atoms with Crippen LogP contribution in [0, 0.1) is 6.92 Å². The first-order valence-corrected chi connectivity index (χ1v) is 26.1. The number of halogens is 1. The summed E-state index contributed by atoms with van der Waals surface area (Å²) < 4.78 is 8.09. The zero-order valence-electron chi connectivity index (χ0n) is 37.1. The molecule has 320 valence electrons. The van der Waals surface area contributed by atoms with Crippen molar-refractivity contribution in [3.05, 3.63) is 229 Å². The first-order chi connectivity index (χ1) is 32.9. The van der Waals surface area contributed by atoms with Crippen molar-refractivity contribution in [2.24, 2.45) is 0 Å². The van der Waals surface area contributed by atoms with Crippen LogP contribution in [-0.2, 0) is 0 Å². The zero-order valence-corrected chi connectivity index (χ0v) is 39.3. The molecule has 3 heterocycles. The molecule has 11 rings (SSSR count). The Morgan fingerprint density at radius 2 is 0.776 bits per heavy atom. The molecule has 0 fully saturated rings. The predicted molar refractivity (Wildman–Crippen MR) is 290 cm³/mol. The maximum absolute atomic E-state index is 5.20. The van der Waals surface area contributed by atoms with Crippen molar-refractivity contribution in [1.82, 2.24) is 24.9 Å². The van der Waals surface area contributed by atoms with E-state index in [4.69, 9.17) is 24.9 Å². The van der Waals surface area contributed by atoms with Crippen molar-refractivity contribution in [1.29, 1.82) is 0 Å². The molecule has 0 saturated heterocycles. The molecule has 2 aromatic heterocycles. The highest BCUT2D eigenvalue weighted by Gasteiger charge is 2.17. The molecular formula is C61H44IN5. The normalized spacial score (nSPS) is 12.6. The Balaban J connectivity index is 0.875. The number of aryl methyl sites for hydroxylation is 1. The Morgan fingerprint density at radius 1 is 0.373 bits per heavy atom. The molecule has 0 spiro atoms. The molecule has 0 atom stereocenters. The van der Waals surface area contributed by atoms with Crippen LogP contribution in [0.15, 0.2) is 218 Å². The van der Waals surface area contributed by atoms with E-state index in [0.29, 0.717) is 17.5 Å². The highest BCUT2D eigenvalue weighted by molar-refractivity contribution is 14.2. The predicted octanol–water partition coefficient (Wildman–Crippen LogP) is 15.5. The molecule has 0 unspecified atom stereocenters. The van der Waals surface area contributed by atoms with E-state index in [9.17, 15) is 0 Å². The molecule has 0 saturated carbocycles. The van der Waals surface area contributed by atoms with Crippen molar-refractivity contribution in [2.45, 2.75) is 13.8 Å². The minimum Gasteiger partial charge on any atom is -0.249 e. The van der Waals surface area contributed by atoms with Gasteiger partial charge in [0.15, 0.2) is 17.5 Å². The number of allylic oxidation sites excluding steroid dienone is 3. The standard InChI is InChI=1S/C61H44IN5/c1-40-13-12-38-62(3)56(40)57-41(2)63-58-54(20-11-21-55(58)64-57)53-19-10-18-52(39-53)48-24-22-46(23-25-48)47-30-36-51(37-31-47)61-66-59(49-32-26-44(27-33-49)42-14-6-4-7-15-42)65-60(67-61)50-34-28-45(29-35-50)43-16-8-5-9-17-43/h4-39H,3H2,1-2H3. The summed E-state index contributed by atoms with van der Waals surface area (Å²) in [6.45, 7) is 4.24. The molecule has 0 bridgehead atoms. The van der Waals surface area contributed by atoms with Gasteiger partial charge in [-0.1, -0.05) is 205 Å². The fraction of sp³-hybridized carbons (Fsp3) is 0.0328. The SMILES string of the molecule is C=I1=CC=CC(C)=C1c1nc2cccc(-c3cccc(-c4ccc(-c5ccc(-c6nc(-c7ccc(-c8ccccc8)cc7)nc(-c7ccc(-c8ccccc8)cc7)n6)cc5)cc4)c3)c2nc1C. The molecule has 0 radical (unpaired) electrons. The van der Waals surface area contributed by atoms with Crippen molar-refractivity contribution in [3.8, 4) is 89.8 Å². The van der Waals surface area contributed by atoms with Crippen LogP contribution in [0.1, 0.15) is 18.3 Å². The van der Waals surface area contributed by atoms with E-state index >= 15 is 0 Å². The molecule has 10 aromatic rings. The Bertz CT molecular complexity index is 3510. The largest absolute Gasteiger partial charge is 0.249 e. The van der Waals surface area contributed by atoms with Gasteiger partial charge in [-0.05, 0) is 85.6 Å². The van der Waals surface area contributed by atoms with E-state index < -0.39 is 18.9 Å². The molecule has 0 amide bonds. The van der Waals surface area contributed by atoms with Gasteiger partial charge in [-0.25, -0.2) is 24.9 Å². The van der Waals surface area contributed by atoms with E-state index in [1.54, 1.807) is 0 Å². The Kier molecular flexibility index (Phi) is 11.3. The van der Waals surface area contributed by atoms with Crippen molar-refractivity contribution < 1.29 is 0 Å². The molecule has 0 aliphatic carbocycles. The van der Waals surface area contributed by atoms with E-state index in [2.05, 4.69) is 223 Å². The summed E-state index contributed by atoms with van der Waals surface area (Å²) in [5.74, 6) is 1.87. The number of hydrogen-bond donors (Lipinski definition) is 0. The lowest BCUT2D eigenvalue weighted by molar-refractivity contribution is 1.07. The summed E-state index contributed by atoms with van der Waals surface area (Å²) >= 11 is -1.68. The van der Waals surface area contributed by atoms with E-state index in [1.807, 2.05) is 12.1 Å². The van der Waals surface area contributed by atoms with Crippen LogP contribution in [0.3, 0.4) is 0 Å². The maximum atomic E-state index is 5.20. The zero-order chi connectivity index (χ0) is 45.3. The van der Waals surface area contributed by atoms with Gasteiger partial charge in [0.2, 0.25) is 0 Å². The fourth-order valence-electron chi connectivity index (χ4n) is 8.68. The molecule has 6 heteroatoms. The first-order valence-electron chi connectivity index (χ1n) is 22.3. The van der Waals surface area contributed by atoms with Gasteiger partial charge in [-0.2, -0.15) is 0 Å². The number of hydrogen-bond acceptors (Lipinski definition) is 5. The molecule has 1 aliphatic rings. The van der Waals surface area contributed by atoms with Gasteiger partial charge >= 0.3 is 0 Å². The highest BCUT2D eigenvalue weighted by Crippen LogP contribution is 2.40. The molecule has 0 N–H and O–H groups in total. The third-order valence-corrected chi connectivity index (χ3v) is 16.3. The smallest absolute Gasteiger partial charge is 0.164 e. The van der Waals surface area contributed by atoms with Crippen LogP contribution in [0.5, 0.6) is 0 Å². The third-order valence-electron chi connectivity index (χ3n) is 12.2. The number of nitrogens with zero attached hydrogens (tertiary/aromatic N) is 5. The van der Waals surface area contributed by atoms with Crippen LogP contribution < -0.4 is 0 Å². The Hall–Kier alpha value is -7.94. The topological polar surface area (TPSA) is 64.5 Å². The number of aromatic nitrogens is 5. The number of rotatable bonds is 9. The van der Waals surface area contributed by atoms with E-state index in [-0.39, 0.29) is 0 Å². The van der Waals surface area contributed by atoms with Crippen LogP contribution >= 0.6 is 18.9 Å². The summed E-state index contributed by atoms with van der Waals surface area (Å²) in [6.07, 6.45) is 4.30. The summed E-state index contributed by atoms with van der Waals surface area (Å²) in [6, 6.07) is 70.0. The second kappa shape index (κ2) is 18.1. The van der Waals surface area contributed by atoms with Gasteiger partial charge in [-0.3, -0.25) is 0 Å². The van der Waals surface area contributed by atoms with Crippen LogP contribution in [0.25, 0.3) is 104 Å². The quantitative estimate of drug-likeness (QED) is 0.135. The number of benzene rings is 8. The monoisotopic (exact) mass is 973 g/mol. The van der Waals surface area contributed by atoms with E-state index in [1.165, 1.54) is 20.3 Å². The third kappa shape index (κ3) is 8.55. The lowest BCUT2D eigenvalue weighted by Crippen LogP contribution is -2.00. The summed E-state index contributed by atoms with van der Waals surface area (Å²) in [5, 5.41) is 0. The number of para-hydroxylation sites is 1. The van der Waals surface area contributed by atoms with Gasteiger partial charge in [0.25, 0.3) is 0 Å². The maximum Gasteiger partial charge on any atom is 0.164 e. The van der Waals surface area contributed by atoms with Crippen molar-refractivity contribution in [3.63, 3.8) is 0 Å². The Labute approximate surface area is 397 Å². The number of fused-ring (bicyclic) bond motifs is 1. The molecular weight excluding hydrogens is 930 g/mol. The van der Waals surface area contributed by atoms with Crippen LogP contribution in [0.2, 0.25) is 0 Å². The average Bonchev–Trinajstić information content (AvgIpc) is 3.39. The lowest BCUT2D eigenvalue weighted by Gasteiger charge is -2.15. The molecule has 1 aliphatic heterocycles. The highest BCUT2D eigenvalue weighted by atomic mass is 127. The second-order valence-electron chi connectivity index (χ2n) is 16.6. The van der Waals surface area contributed by atoms with Crippen molar-refractivity contribution in [2.75, 3.05) is 0 Å². The molecule has 5 nitrogen and oxygen atoms in total. The average molecular weight is 974 g/mol. The summed E-state index contributed by atoms with van der Waals surface area (Å²) in [5.41, 5.74) is 19.1. The van der Waals surface area contributed by atoms with Crippen LogP contribution in [0.4, 0.5) is 0 Å². The van der Waals surface area contributed by atoms with Gasteiger partial charge in [0, 0.05) is 25.8 Å². The van der Waals surface area contributed by atoms with Gasteiger partial charge in [0.05, 0.1) is 22.4 Å². The summed E-state index contributed by atoms with van der Waals surface area (Å²) in [4.78, 5) is 25.5. The van der Waals surface area contributed by atoms with Gasteiger partial charge in [0.1, 0.15) is 0 Å². The lowest BCUT2D eigenvalue weighted by atomic mass is 9.96. The van der Waals surface area contributed by atoms with Crippen molar-refractivity contribution >= 4 is 42.0 Å². The Morgan fingerprint density at radius 3 is 1.25 bits per heavy atom.